The fourth-order valence-electron chi connectivity index (χ4n) is 7.95. The van der Waals surface area contributed by atoms with E-state index < -0.39 is 0 Å². The average molecular weight is 717 g/mol. The number of para-hydroxylation sites is 3. The number of fused-ring (bicyclic) bond motifs is 6. The van der Waals surface area contributed by atoms with Crippen molar-refractivity contribution in [3.8, 4) is 62.1 Å². The van der Waals surface area contributed by atoms with E-state index in [1.54, 1.807) is 0 Å². The fourth-order valence-corrected chi connectivity index (χ4v) is 7.95. The third-order valence-electron chi connectivity index (χ3n) is 10.7. The molecule has 11 aromatic rings. The Morgan fingerprint density at radius 1 is 0.339 bits per heavy atom. The monoisotopic (exact) mass is 716 g/mol. The van der Waals surface area contributed by atoms with Crippen molar-refractivity contribution in [2.45, 2.75) is 0 Å². The van der Waals surface area contributed by atoms with Crippen molar-refractivity contribution in [2.24, 2.45) is 0 Å². The van der Waals surface area contributed by atoms with Crippen LogP contribution >= 0.6 is 0 Å². The van der Waals surface area contributed by atoms with E-state index in [0.717, 1.165) is 66.5 Å². The Morgan fingerprint density at radius 3 is 1.61 bits per heavy atom. The molecule has 5 nitrogen and oxygen atoms in total. The van der Waals surface area contributed by atoms with Crippen molar-refractivity contribution in [1.29, 1.82) is 0 Å². The van der Waals surface area contributed by atoms with Gasteiger partial charge in [-0.3, -0.25) is 0 Å². The summed E-state index contributed by atoms with van der Waals surface area (Å²) in [6.45, 7) is 0. The van der Waals surface area contributed by atoms with Gasteiger partial charge in [0.1, 0.15) is 11.2 Å². The summed E-state index contributed by atoms with van der Waals surface area (Å²) in [5.41, 5.74) is 12.2. The molecule has 3 aromatic heterocycles. The summed E-state index contributed by atoms with van der Waals surface area (Å²) < 4.78 is 9.14. The molecule has 0 aliphatic carbocycles. The molecule has 0 saturated heterocycles. The van der Waals surface area contributed by atoms with Crippen LogP contribution in [0.2, 0.25) is 0 Å². The van der Waals surface area contributed by atoms with E-state index in [0.29, 0.717) is 17.5 Å². The maximum Gasteiger partial charge on any atom is 0.164 e. The van der Waals surface area contributed by atoms with E-state index in [9.17, 15) is 0 Å². The van der Waals surface area contributed by atoms with Gasteiger partial charge < -0.3 is 8.98 Å². The van der Waals surface area contributed by atoms with Gasteiger partial charge in [-0.1, -0.05) is 158 Å². The molecule has 0 radical (unpaired) electrons. The van der Waals surface area contributed by atoms with Gasteiger partial charge in [-0.25, -0.2) is 15.0 Å². The van der Waals surface area contributed by atoms with Crippen molar-refractivity contribution in [3.63, 3.8) is 0 Å². The van der Waals surface area contributed by atoms with E-state index in [-0.39, 0.29) is 0 Å². The highest BCUT2D eigenvalue weighted by Crippen LogP contribution is 2.40. The zero-order valence-electron chi connectivity index (χ0n) is 30.2. The maximum atomic E-state index is 6.79. The van der Waals surface area contributed by atoms with Gasteiger partial charge in [0, 0.05) is 49.5 Å². The summed E-state index contributed by atoms with van der Waals surface area (Å²) in [7, 11) is 0. The highest BCUT2D eigenvalue weighted by atomic mass is 16.3. The minimum atomic E-state index is 0.586. The summed E-state index contributed by atoms with van der Waals surface area (Å²) in [5, 5.41) is 4.55. The molecule has 0 N–H and O–H groups in total. The first-order chi connectivity index (χ1) is 27.7. The number of rotatable bonds is 6. The molecule has 262 valence electrons. The van der Waals surface area contributed by atoms with Gasteiger partial charge in [0.05, 0.1) is 11.0 Å². The number of hydrogen-bond donors (Lipinski definition) is 0. The minimum Gasteiger partial charge on any atom is -0.455 e. The van der Waals surface area contributed by atoms with Gasteiger partial charge in [-0.15, -0.1) is 0 Å². The van der Waals surface area contributed by atoms with Crippen LogP contribution in [0, 0.1) is 0 Å². The second kappa shape index (κ2) is 13.0. The molecule has 0 spiro atoms. The summed E-state index contributed by atoms with van der Waals surface area (Å²) >= 11 is 0. The Morgan fingerprint density at radius 2 is 0.857 bits per heavy atom. The molecule has 0 bridgehead atoms. The zero-order valence-corrected chi connectivity index (χ0v) is 30.2. The first-order valence-corrected chi connectivity index (χ1v) is 18.8. The molecule has 0 unspecified atom stereocenters. The lowest BCUT2D eigenvalue weighted by Crippen LogP contribution is -2.00. The first-order valence-electron chi connectivity index (χ1n) is 18.8. The van der Waals surface area contributed by atoms with Gasteiger partial charge >= 0.3 is 0 Å². The normalized spacial score (nSPS) is 11.6. The van der Waals surface area contributed by atoms with Crippen LogP contribution in [0.5, 0.6) is 0 Å². The van der Waals surface area contributed by atoms with Gasteiger partial charge in [0.15, 0.2) is 17.5 Å². The molecule has 0 aliphatic rings. The van der Waals surface area contributed by atoms with Crippen LogP contribution in [0.3, 0.4) is 0 Å². The first kappa shape index (κ1) is 31.9. The standard InChI is InChI=1S/C51H32N4O/c1-4-13-33(14-5-1)34-23-25-36(26-24-34)50-52-49(35-15-6-2-7-16-35)53-51(54-50)38-28-30-43-44-21-12-20-40(48(44)56-47(43)32-38)37-27-29-42-41-19-10-11-22-45(41)55(46(42)31-37)39-17-8-3-9-18-39/h1-32H. The molecule has 0 amide bonds. The van der Waals surface area contributed by atoms with Crippen LogP contribution < -0.4 is 0 Å². The molecule has 0 atom stereocenters. The van der Waals surface area contributed by atoms with Crippen molar-refractivity contribution in [1.82, 2.24) is 19.5 Å². The lowest BCUT2D eigenvalue weighted by molar-refractivity contribution is 0.670. The average Bonchev–Trinajstić information content (AvgIpc) is 3.82. The minimum absolute atomic E-state index is 0.586. The summed E-state index contributed by atoms with van der Waals surface area (Å²) in [5.74, 6) is 1.82. The highest BCUT2D eigenvalue weighted by molar-refractivity contribution is 6.13. The number of benzene rings is 8. The molecular weight excluding hydrogens is 685 g/mol. The molecular formula is C51H32N4O. The number of nitrogens with zero attached hydrogens (tertiary/aromatic N) is 4. The molecule has 3 heterocycles. The zero-order chi connectivity index (χ0) is 37.0. The van der Waals surface area contributed by atoms with E-state index in [1.165, 1.54) is 21.9 Å². The van der Waals surface area contributed by atoms with Gasteiger partial charge in [0.25, 0.3) is 0 Å². The van der Waals surface area contributed by atoms with Crippen LogP contribution in [0.1, 0.15) is 0 Å². The molecule has 5 heteroatoms. The van der Waals surface area contributed by atoms with Crippen LogP contribution in [0.15, 0.2) is 199 Å². The van der Waals surface area contributed by atoms with E-state index in [1.807, 2.05) is 36.4 Å². The largest absolute Gasteiger partial charge is 0.455 e. The summed E-state index contributed by atoms with van der Waals surface area (Å²) in [4.78, 5) is 15.0. The molecule has 11 rings (SSSR count). The van der Waals surface area contributed by atoms with E-state index >= 15 is 0 Å². The Hall–Kier alpha value is -7.63. The highest BCUT2D eigenvalue weighted by Gasteiger charge is 2.18. The maximum absolute atomic E-state index is 6.79. The van der Waals surface area contributed by atoms with E-state index in [4.69, 9.17) is 19.4 Å². The second-order valence-corrected chi connectivity index (χ2v) is 14.0. The molecule has 8 aromatic carbocycles. The molecule has 0 aliphatic heterocycles. The fraction of sp³-hybridized carbons (Fsp3) is 0. The van der Waals surface area contributed by atoms with Crippen molar-refractivity contribution in [2.75, 3.05) is 0 Å². The Bertz CT molecular complexity index is 3220. The summed E-state index contributed by atoms with van der Waals surface area (Å²) in [6.07, 6.45) is 0. The summed E-state index contributed by atoms with van der Waals surface area (Å²) in [6, 6.07) is 67.4. The lowest BCUT2D eigenvalue weighted by atomic mass is 10.0. The smallest absolute Gasteiger partial charge is 0.164 e. The molecule has 0 saturated carbocycles. The predicted octanol–water partition coefficient (Wildman–Crippen LogP) is 13.2. The SMILES string of the molecule is c1ccc(-c2ccc(-c3nc(-c4ccccc4)nc(-c4ccc5c(c4)oc4c(-c6ccc7c8ccccc8n(-c8ccccc8)c7c6)cccc45)n3)cc2)cc1. The van der Waals surface area contributed by atoms with Crippen molar-refractivity contribution >= 4 is 43.7 Å². The Kier molecular flexibility index (Phi) is 7.42. The molecule has 0 fully saturated rings. The second-order valence-electron chi connectivity index (χ2n) is 14.0. The quantitative estimate of drug-likeness (QED) is 0.172. The lowest BCUT2D eigenvalue weighted by Gasteiger charge is -2.09. The van der Waals surface area contributed by atoms with Gasteiger partial charge in [-0.2, -0.15) is 0 Å². The predicted molar refractivity (Wildman–Crippen MR) is 229 cm³/mol. The number of furan rings is 1. The number of hydrogen-bond acceptors (Lipinski definition) is 4. The topological polar surface area (TPSA) is 56.7 Å². The number of aromatic nitrogens is 4. The molecule has 56 heavy (non-hydrogen) atoms. The van der Waals surface area contributed by atoms with Gasteiger partial charge in [0.2, 0.25) is 0 Å². The van der Waals surface area contributed by atoms with E-state index in [2.05, 4.69) is 162 Å². The van der Waals surface area contributed by atoms with Crippen LogP contribution in [-0.4, -0.2) is 19.5 Å². The Balaban J connectivity index is 1.03. The third-order valence-corrected chi connectivity index (χ3v) is 10.7. The Labute approximate surface area is 322 Å². The van der Waals surface area contributed by atoms with Crippen LogP contribution in [0.4, 0.5) is 0 Å². The van der Waals surface area contributed by atoms with Crippen molar-refractivity contribution in [3.05, 3.63) is 194 Å². The van der Waals surface area contributed by atoms with Crippen LogP contribution in [-0.2, 0) is 0 Å². The van der Waals surface area contributed by atoms with Crippen LogP contribution in [0.25, 0.3) is 106 Å². The van der Waals surface area contributed by atoms with Gasteiger partial charge in [-0.05, 0) is 53.1 Å². The van der Waals surface area contributed by atoms with Crippen molar-refractivity contribution < 1.29 is 4.42 Å². The third kappa shape index (κ3) is 5.37.